The zero-order valence-corrected chi connectivity index (χ0v) is 29.6. The second-order valence-electron chi connectivity index (χ2n) is 14.0. The van der Waals surface area contributed by atoms with Crippen molar-refractivity contribution in [3.63, 3.8) is 0 Å². The molecule has 0 bridgehead atoms. The van der Waals surface area contributed by atoms with Gasteiger partial charge in [-0.3, -0.25) is 0 Å². The van der Waals surface area contributed by atoms with Gasteiger partial charge in [-0.1, -0.05) is 164 Å². The molecule has 2 heterocycles. The highest BCUT2D eigenvalue weighted by atomic mass is 16.3. The van der Waals surface area contributed by atoms with E-state index in [2.05, 4.69) is 182 Å². The van der Waals surface area contributed by atoms with Crippen LogP contribution < -0.4 is 0 Å². The van der Waals surface area contributed by atoms with E-state index >= 15 is 0 Å². The van der Waals surface area contributed by atoms with Crippen LogP contribution in [0.3, 0.4) is 0 Å². The van der Waals surface area contributed by atoms with Crippen LogP contribution >= 0.6 is 0 Å². The number of aromatic nitrogens is 3. The molecule has 0 aliphatic heterocycles. The Bertz CT molecular complexity index is 3250. The van der Waals surface area contributed by atoms with Crippen LogP contribution in [0.4, 0.5) is 0 Å². The van der Waals surface area contributed by atoms with Crippen molar-refractivity contribution in [2.75, 3.05) is 0 Å². The third kappa shape index (κ3) is 5.34. The minimum Gasteiger partial charge on any atom is -0.455 e. The van der Waals surface area contributed by atoms with E-state index in [0.29, 0.717) is 17.5 Å². The molecule has 0 fully saturated rings. The number of nitrogens with zero attached hydrogens (tertiary/aromatic N) is 3. The van der Waals surface area contributed by atoms with E-state index in [1.165, 1.54) is 16.3 Å². The Kier molecular flexibility index (Phi) is 7.14. The normalized spacial score (nSPS) is 11.6. The molecule has 256 valence electrons. The van der Waals surface area contributed by atoms with Gasteiger partial charge in [0.25, 0.3) is 0 Å². The highest BCUT2D eigenvalue weighted by Crippen LogP contribution is 2.41. The van der Waals surface area contributed by atoms with Crippen LogP contribution in [-0.4, -0.2) is 15.0 Å². The molecule has 9 aromatic carbocycles. The molecular formula is C51H31N3O. The lowest BCUT2D eigenvalue weighted by Gasteiger charge is -2.12. The van der Waals surface area contributed by atoms with Crippen LogP contribution in [0.2, 0.25) is 0 Å². The Labute approximate surface area is 317 Å². The molecule has 11 aromatic rings. The average Bonchev–Trinajstić information content (AvgIpc) is 3.64. The van der Waals surface area contributed by atoms with E-state index < -0.39 is 0 Å². The molecule has 0 spiro atoms. The van der Waals surface area contributed by atoms with Crippen LogP contribution in [-0.2, 0) is 0 Å². The maximum atomic E-state index is 6.74. The molecular weight excluding hydrogens is 671 g/mol. The molecule has 0 saturated heterocycles. The summed E-state index contributed by atoms with van der Waals surface area (Å²) in [7, 11) is 0. The van der Waals surface area contributed by atoms with Gasteiger partial charge in [0.05, 0.1) is 0 Å². The molecule has 0 aliphatic rings. The maximum absolute atomic E-state index is 6.74. The summed E-state index contributed by atoms with van der Waals surface area (Å²) in [6.45, 7) is 0. The lowest BCUT2D eigenvalue weighted by molar-refractivity contribution is 0.673. The highest BCUT2D eigenvalue weighted by Gasteiger charge is 2.20. The minimum absolute atomic E-state index is 0.611. The van der Waals surface area contributed by atoms with Crippen molar-refractivity contribution >= 4 is 54.3 Å². The third-order valence-corrected chi connectivity index (χ3v) is 10.7. The number of fused-ring (bicyclic) bond motifs is 7. The van der Waals surface area contributed by atoms with Crippen molar-refractivity contribution in [1.29, 1.82) is 0 Å². The van der Waals surface area contributed by atoms with Crippen molar-refractivity contribution in [3.05, 3.63) is 188 Å². The first-order valence-corrected chi connectivity index (χ1v) is 18.5. The van der Waals surface area contributed by atoms with E-state index in [1.807, 2.05) is 6.07 Å². The van der Waals surface area contributed by atoms with Gasteiger partial charge in [-0.25, -0.2) is 15.0 Å². The molecule has 0 atom stereocenters. The average molecular weight is 702 g/mol. The quantitative estimate of drug-likeness (QED) is 0.179. The smallest absolute Gasteiger partial charge is 0.164 e. The Morgan fingerprint density at radius 1 is 0.291 bits per heavy atom. The van der Waals surface area contributed by atoms with Gasteiger partial charge in [-0.2, -0.15) is 0 Å². The van der Waals surface area contributed by atoms with E-state index in [0.717, 1.165) is 76.9 Å². The third-order valence-electron chi connectivity index (χ3n) is 10.7. The lowest BCUT2D eigenvalue weighted by Crippen LogP contribution is -2.01. The van der Waals surface area contributed by atoms with E-state index in [1.54, 1.807) is 0 Å². The number of hydrogen-bond donors (Lipinski definition) is 0. The van der Waals surface area contributed by atoms with Crippen molar-refractivity contribution in [2.45, 2.75) is 0 Å². The first-order chi connectivity index (χ1) is 27.2. The Balaban J connectivity index is 1.11. The van der Waals surface area contributed by atoms with Gasteiger partial charge in [0.2, 0.25) is 0 Å². The molecule has 0 radical (unpaired) electrons. The largest absolute Gasteiger partial charge is 0.455 e. The van der Waals surface area contributed by atoms with Gasteiger partial charge < -0.3 is 4.42 Å². The molecule has 0 saturated carbocycles. The first kappa shape index (κ1) is 31.1. The van der Waals surface area contributed by atoms with Crippen LogP contribution in [0.15, 0.2) is 192 Å². The fraction of sp³-hybridized carbons (Fsp3) is 0. The summed E-state index contributed by atoms with van der Waals surface area (Å²) in [4.78, 5) is 15.6. The molecule has 11 rings (SSSR count). The van der Waals surface area contributed by atoms with Gasteiger partial charge >= 0.3 is 0 Å². The van der Waals surface area contributed by atoms with Gasteiger partial charge in [-0.05, 0) is 73.5 Å². The van der Waals surface area contributed by atoms with Gasteiger partial charge in [0, 0.05) is 32.8 Å². The fourth-order valence-electron chi connectivity index (χ4n) is 7.94. The van der Waals surface area contributed by atoms with Gasteiger partial charge in [0.15, 0.2) is 17.5 Å². The highest BCUT2D eigenvalue weighted by molar-refractivity contribution is 6.19. The summed E-state index contributed by atoms with van der Waals surface area (Å²) in [6.07, 6.45) is 0. The summed E-state index contributed by atoms with van der Waals surface area (Å²) >= 11 is 0. The summed E-state index contributed by atoms with van der Waals surface area (Å²) in [5.41, 5.74) is 9.08. The van der Waals surface area contributed by atoms with Crippen molar-refractivity contribution in [3.8, 4) is 56.4 Å². The SMILES string of the molecule is c1ccc(-c2ccc(-c3nc(-c4cccc5ccccc45)nc(-c4cc5c6ccc(-c7ccc8ccccc8c7)cc6oc5c5ccccc45)n3)cc2)cc1. The molecule has 4 nitrogen and oxygen atoms in total. The van der Waals surface area contributed by atoms with Crippen molar-refractivity contribution < 1.29 is 4.42 Å². The molecule has 2 aromatic heterocycles. The Morgan fingerprint density at radius 3 is 1.71 bits per heavy atom. The van der Waals surface area contributed by atoms with Crippen molar-refractivity contribution in [2.24, 2.45) is 0 Å². The van der Waals surface area contributed by atoms with Crippen LogP contribution in [0.5, 0.6) is 0 Å². The Hall–Kier alpha value is -7.43. The standard InChI is InChI=1S/C51H31N3O/c1-2-11-32(12-3-1)34-21-24-36(25-22-34)49-52-50(44-20-10-16-35-14-6-7-17-40(35)44)54-51(53-49)46-31-45-42-28-27-39(38-26-23-33-13-4-5-15-37(33)29-38)30-47(42)55-48(45)43-19-9-8-18-41(43)46/h1-31H. The molecule has 0 aliphatic carbocycles. The second kappa shape index (κ2) is 12.6. The van der Waals surface area contributed by atoms with Gasteiger partial charge in [0.1, 0.15) is 11.2 Å². The van der Waals surface area contributed by atoms with Crippen LogP contribution in [0.1, 0.15) is 0 Å². The topological polar surface area (TPSA) is 51.8 Å². The molecule has 0 N–H and O–H groups in total. The predicted molar refractivity (Wildman–Crippen MR) is 227 cm³/mol. The zero-order chi connectivity index (χ0) is 36.3. The molecule has 4 heteroatoms. The molecule has 0 unspecified atom stereocenters. The van der Waals surface area contributed by atoms with Crippen LogP contribution in [0, 0.1) is 0 Å². The second-order valence-corrected chi connectivity index (χ2v) is 14.0. The predicted octanol–water partition coefficient (Wildman–Crippen LogP) is 13.6. The summed E-state index contributed by atoms with van der Waals surface area (Å²) in [5, 5.41) is 8.77. The monoisotopic (exact) mass is 701 g/mol. The van der Waals surface area contributed by atoms with E-state index in [9.17, 15) is 0 Å². The Morgan fingerprint density at radius 2 is 0.873 bits per heavy atom. The van der Waals surface area contributed by atoms with Gasteiger partial charge in [-0.15, -0.1) is 0 Å². The summed E-state index contributed by atoms with van der Waals surface area (Å²) in [5.74, 6) is 1.86. The number of hydrogen-bond acceptors (Lipinski definition) is 4. The van der Waals surface area contributed by atoms with Crippen LogP contribution in [0.25, 0.3) is 111 Å². The fourth-order valence-corrected chi connectivity index (χ4v) is 7.94. The minimum atomic E-state index is 0.611. The van der Waals surface area contributed by atoms with Crippen molar-refractivity contribution in [1.82, 2.24) is 15.0 Å². The maximum Gasteiger partial charge on any atom is 0.164 e. The summed E-state index contributed by atoms with van der Waals surface area (Å²) < 4.78 is 6.74. The van der Waals surface area contributed by atoms with E-state index in [-0.39, 0.29) is 0 Å². The number of benzene rings is 9. The summed E-state index contributed by atoms with van der Waals surface area (Å²) in [6, 6.07) is 65.7. The lowest BCUT2D eigenvalue weighted by atomic mass is 9.98. The number of rotatable bonds is 5. The molecule has 55 heavy (non-hydrogen) atoms. The first-order valence-electron chi connectivity index (χ1n) is 18.5. The zero-order valence-electron chi connectivity index (χ0n) is 29.6. The molecule has 0 amide bonds. The van der Waals surface area contributed by atoms with E-state index in [4.69, 9.17) is 19.4 Å². The number of furan rings is 1.